The lowest BCUT2D eigenvalue weighted by atomic mass is 10.2. The van der Waals surface area contributed by atoms with Gasteiger partial charge in [0.1, 0.15) is 6.61 Å². The number of isocyanates is 1. The first kappa shape index (κ1) is 12.6. The summed E-state index contributed by atoms with van der Waals surface area (Å²) in [5.41, 5.74) is 0.444. The van der Waals surface area contributed by atoms with E-state index in [1.165, 1.54) is 6.08 Å². The van der Waals surface area contributed by atoms with Crippen molar-refractivity contribution in [1.82, 2.24) is 0 Å². The number of esters is 1. The summed E-state index contributed by atoms with van der Waals surface area (Å²) < 4.78 is 4.64. The van der Waals surface area contributed by atoms with Crippen LogP contribution in [0.25, 0.3) is 0 Å². The third-order valence-electron chi connectivity index (χ3n) is 1.40. The van der Waals surface area contributed by atoms with Gasteiger partial charge in [-0.2, -0.15) is 0 Å². The summed E-state index contributed by atoms with van der Waals surface area (Å²) in [6.45, 7) is 1.73. The van der Waals surface area contributed by atoms with Crippen LogP contribution in [0.3, 0.4) is 0 Å². The number of rotatable bonds is 6. The summed E-state index contributed by atoms with van der Waals surface area (Å²) in [4.78, 5) is 24.1. The molecule has 0 rings (SSSR count). The van der Waals surface area contributed by atoms with E-state index < -0.39 is 5.97 Å². The molecule has 0 aromatic carbocycles. The van der Waals surface area contributed by atoms with Gasteiger partial charge in [0.15, 0.2) is 0 Å². The number of aliphatic hydroxyl groups excluding tert-OH is 1. The lowest BCUT2D eigenvalue weighted by molar-refractivity contribution is -0.139. The van der Waals surface area contributed by atoms with Gasteiger partial charge in [0, 0.05) is 5.57 Å². The molecule has 5 heteroatoms. The highest BCUT2D eigenvalue weighted by molar-refractivity contribution is 5.87. The Morgan fingerprint density at radius 1 is 1.64 bits per heavy atom. The van der Waals surface area contributed by atoms with Gasteiger partial charge in [0.2, 0.25) is 6.08 Å². The Hall–Kier alpha value is -1.45. The number of nitrogens with zero attached hydrogens (tertiary/aromatic N) is 1. The van der Waals surface area contributed by atoms with Crippen molar-refractivity contribution in [2.75, 3.05) is 19.8 Å². The van der Waals surface area contributed by atoms with E-state index in [0.29, 0.717) is 18.5 Å². The predicted octanol–water partition coefficient (Wildman–Crippen LogP) is 0.194. The second-order valence-electron chi connectivity index (χ2n) is 2.51. The van der Waals surface area contributed by atoms with E-state index in [1.54, 1.807) is 13.0 Å². The first-order valence-corrected chi connectivity index (χ1v) is 4.20. The highest BCUT2D eigenvalue weighted by Gasteiger charge is 2.03. The number of hydrogen-bond donors (Lipinski definition) is 1. The molecule has 0 spiro atoms. The minimum Gasteiger partial charge on any atom is -0.460 e. The zero-order valence-corrected chi connectivity index (χ0v) is 8.02. The number of aliphatic imine (C=N–C) groups is 1. The Bertz CT molecular complexity index is 254. The van der Waals surface area contributed by atoms with Crippen LogP contribution in [0.1, 0.15) is 13.3 Å². The zero-order chi connectivity index (χ0) is 10.8. The number of hydrogen-bond acceptors (Lipinski definition) is 5. The normalized spacial score (nSPS) is 10.6. The molecule has 0 heterocycles. The van der Waals surface area contributed by atoms with E-state index in [9.17, 15) is 9.59 Å². The zero-order valence-electron chi connectivity index (χ0n) is 8.02. The molecule has 0 fully saturated rings. The van der Waals surface area contributed by atoms with Crippen molar-refractivity contribution in [2.24, 2.45) is 4.99 Å². The Kier molecular flexibility index (Phi) is 7.32. The highest BCUT2D eigenvalue weighted by Crippen LogP contribution is 1.98. The smallest absolute Gasteiger partial charge is 0.333 e. The molecule has 1 N–H and O–H groups in total. The van der Waals surface area contributed by atoms with E-state index in [4.69, 9.17) is 5.11 Å². The molecule has 0 aromatic heterocycles. The van der Waals surface area contributed by atoms with Crippen molar-refractivity contribution in [2.45, 2.75) is 13.3 Å². The van der Waals surface area contributed by atoms with Crippen molar-refractivity contribution in [3.05, 3.63) is 11.6 Å². The SMILES string of the molecule is CC(=CCCN=C=O)C(=O)OCCO. The first-order valence-electron chi connectivity index (χ1n) is 4.20. The minimum absolute atomic E-state index is 0.00347. The fraction of sp³-hybridized carbons (Fsp3) is 0.556. The molecular weight excluding hydrogens is 186 g/mol. The van der Waals surface area contributed by atoms with Crippen LogP contribution in [0, 0.1) is 0 Å². The summed E-state index contributed by atoms with van der Waals surface area (Å²) in [5.74, 6) is -0.464. The second-order valence-corrected chi connectivity index (χ2v) is 2.51. The average molecular weight is 199 g/mol. The Labute approximate surface area is 82.1 Å². The highest BCUT2D eigenvalue weighted by atomic mass is 16.5. The molecule has 0 aliphatic rings. The first-order chi connectivity index (χ1) is 6.72. The lowest BCUT2D eigenvalue weighted by Gasteiger charge is -2.01. The number of ether oxygens (including phenoxy) is 1. The minimum atomic E-state index is -0.464. The molecule has 0 atom stereocenters. The molecule has 0 unspecified atom stereocenters. The summed E-state index contributed by atoms with van der Waals surface area (Å²) in [6, 6.07) is 0. The number of carbonyl (C=O) groups is 1. The van der Waals surface area contributed by atoms with Crippen LogP contribution in [-0.2, 0) is 14.3 Å². The summed E-state index contributed by atoms with van der Waals surface area (Å²) in [5, 5.41) is 8.39. The maximum atomic E-state index is 11.1. The van der Waals surface area contributed by atoms with E-state index >= 15 is 0 Å². The summed E-state index contributed by atoms with van der Waals surface area (Å²) >= 11 is 0. The van der Waals surface area contributed by atoms with Gasteiger partial charge < -0.3 is 9.84 Å². The van der Waals surface area contributed by atoms with Gasteiger partial charge in [-0.3, -0.25) is 0 Å². The molecule has 0 aliphatic carbocycles. The van der Waals surface area contributed by atoms with E-state index in [1.807, 2.05) is 0 Å². The third-order valence-corrected chi connectivity index (χ3v) is 1.40. The molecule has 78 valence electrons. The molecular formula is C9H13NO4. The third kappa shape index (κ3) is 6.11. The molecule has 14 heavy (non-hydrogen) atoms. The molecule has 5 nitrogen and oxygen atoms in total. The van der Waals surface area contributed by atoms with E-state index in [0.717, 1.165) is 0 Å². The quantitative estimate of drug-likeness (QED) is 0.218. The Morgan fingerprint density at radius 3 is 2.93 bits per heavy atom. The molecule has 0 aliphatic heterocycles. The Balaban J connectivity index is 3.84. The summed E-state index contributed by atoms with van der Waals surface area (Å²) in [7, 11) is 0. The van der Waals surface area contributed by atoms with Crippen molar-refractivity contribution < 1.29 is 19.4 Å². The molecule has 0 amide bonds. The fourth-order valence-electron chi connectivity index (χ4n) is 0.727. The van der Waals surface area contributed by atoms with Crippen molar-refractivity contribution in [3.8, 4) is 0 Å². The monoisotopic (exact) mass is 199 g/mol. The van der Waals surface area contributed by atoms with Crippen molar-refractivity contribution in [1.29, 1.82) is 0 Å². The second kappa shape index (κ2) is 8.16. The van der Waals surface area contributed by atoms with Gasteiger partial charge >= 0.3 is 5.97 Å². The number of carbonyl (C=O) groups excluding carboxylic acids is 2. The van der Waals surface area contributed by atoms with Crippen molar-refractivity contribution >= 4 is 12.0 Å². The maximum absolute atomic E-state index is 11.1. The van der Waals surface area contributed by atoms with Crippen LogP contribution in [0.5, 0.6) is 0 Å². The van der Waals surface area contributed by atoms with E-state index in [-0.39, 0.29) is 13.2 Å². The van der Waals surface area contributed by atoms with Gasteiger partial charge in [-0.05, 0) is 13.3 Å². The largest absolute Gasteiger partial charge is 0.460 e. The lowest BCUT2D eigenvalue weighted by Crippen LogP contribution is -2.09. The molecule has 0 bridgehead atoms. The van der Waals surface area contributed by atoms with Gasteiger partial charge in [-0.15, -0.1) is 0 Å². The number of aliphatic hydroxyl groups is 1. The van der Waals surface area contributed by atoms with Gasteiger partial charge in [-0.1, -0.05) is 6.08 Å². The van der Waals surface area contributed by atoms with Crippen LogP contribution in [0.15, 0.2) is 16.6 Å². The van der Waals surface area contributed by atoms with Gasteiger partial charge in [0.05, 0.1) is 13.2 Å². The predicted molar refractivity (Wildman–Crippen MR) is 49.4 cm³/mol. The molecule has 0 radical (unpaired) electrons. The van der Waals surface area contributed by atoms with Crippen LogP contribution in [-0.4, -0.2) is 36.9 Å². The summed E-state index contributed by atoms with van der Waals surface area (Å²) in [6.07, 6.45) is 3.52. The molecule has 0 aromatic rings. The van der Waals surface area contributed by atoms with Gasteiger partial charge in [0.25, 0.3) is 0 Å². The fourth-order valence-corrected chi connectivity index (χ4v) is 0.727. The topological polar surface area (TPSA) is 76.0 Å². The van der Waals surface area contributed by atoms with Crippen LogP contribution >= 0.6 is 0 Å². The van der Waals surface area contributed by atoms with Crippen LogP contribution in [0.2, 0.25) is 0 Å². The Morgan fingerprint density at radius 2 is 2.36 bits per heavy atom. The standard InChI is InChI=1S/C9H13NO4/c1-8(3-2-4-10-7-12)9(13)14-6-5-11/h3,11H,2,4-6H2,1H3. The van der Waals surface area contributed by atoms with E-state index in [2.05, 4.69) is 9.73 Å². The maximum Gasteiger partial charge on any atom is 0.333 e. The van der Waals surface area contributed by atoms with Gasteiger partial charge in [-0.25, -0.2) is 14.6 Å². The van der Waals surface area contributed by atoms with Crippen molar-refractivity contribution in [3.63, 3.8) is 0 Å². The average Bonchev–Trinajstić information content (AvgIpc) is 2.20. The van der Waals surface area contributed by atoms with Crippen LogP contribution in [0.4, 0.5) is 0 Å². The molecule has 0 saturated heterocycles. The molecule has 0 saturated carbocycles. The van der Waals surface area contributed by atoms with Crippen LogP contribution < -0.4 is 0 Å².